The minimum Gasteiger partial charge on any atom is -0.357 e. The second-order valence-corrected chi connectivity index (χ2v) is 4.25. The Balaban J connectivity index is 1.94. The van der Waals surface area contributed by atoms with Crippen LogP contribution in [0.4, 0.5) is 5.82 Å². The Morgan fingerprint density at radius 2 is 2.20 bits per heavy atom. The molecule has 2 rings (SSSR count). The lowest BCUT2D eigenvalue weighted by molar-refractivity contribution is 0.353. The lowest BCUT2D eigenvalue weighted by atomic mass is 9.91. The molecule has 2 heterocycles. The van der Waals surface area contributed by atoms with Crippen LogP contribution >= 0.6 is 0 Å². The first-order valence-electron chi connectivity index (χ1n) is 5.54. The summed E-state index contributed by atoms with van der Waals surface area (Å²) in [4.78, 5) is 10.5. The summed E-state index contributed by atoms with van der Waals surface area (Å²) < 4.78 is 0. The molecule has 15 heavy (non-hydrogen) atoms. The minimum absolute atomic E-state index is 0.317. The van der Waals surface area contributed by atoms with Crippen LogP contribution < -0.4 is 10.6 Å². The van der Waals surface area contributed by atoms with E-state index in [1.165, 1.54) is 12.8 Å². The number of nitrogens with two attached hydrogens (primary N) is 1. The molecule has 1 aliphatic rings. The van der Waals surface area contributed by atoms with Crippen molar-refractivity contribution >= 4 is 5.82 Å². The summed E-state index contributed by atoms with van der Waals surface area (Å²) in [6.45, 7) is 4.22. The zero-order valence-electron chi connectivity index (χ0n) is 9.13. The van der Waals surface area contributed by atoms with Crippen molar-refractivity contribution < 1.29 is 0 Å². The van der Waals surface area contributed by atoms with Crippen molar-refractivity contribution in [2.24, 2.45) is 11.7 Å². The van der Waals surface area contributed by atoms with E-state index in [2.05, 4.69) is 21.8 Å². The van der Waals surface area contributed by atoms with E-state index in [0.717, 1.165) is 18.9 Å². The van der Waals surface area contributed by atoms with Gasteiger partial charge in [-0.3, -0.25) is 0 Å². The molecule has 1 saturated heterocycles. The molecule has 0 amide bonds. The molecule has 1 aromatic rings. The number of piperidine rings is 1. The van der Waals surface area contributed by atoms with Crippen molar-refractivity contribution in [3.05, 3.63) is 18.6 Å². The molecule has 1 fully saturated rings. The topological polar surface area (TPSA) is 55.0 Å². The number of rotatable bonds is 2. The standard InChI is InChI=1S/C11H18N4/c1-9(12)10-3-6-15(7-4-10)11-2-5-13-8-14-11/h2,5,8-10H,3-4,6-7,12H2,1H3. The fourth-order valence-electron chi connectivity index (χ4n) is 2.13. The Kier molecular flexibility index (Phi) is 3.16. The van der Waals surface area contributed by atoms with Gasteiger partial charge in [0.15, 0.2) is 0 Å². The van der Waals surface area contributed by atoms with Crippen molar-refractivity contribution in [3.63, 3.8) is 0 Å². The van der Waals surface area contributed by atoms with Crippen LogP contribution in [0.1, 0.15) is 19.8 Å². The molecule has 4 nitrogen and oxygen atoms in total. The van der Waals surface area contributed by atoms with Gasteiger partial charge in [0, 0.05) is 25.3 Å². The highest BCUT2D eigenvalue weighted by atomic mass is 15.2. The molecule has 2 N–H and O–H groups in total. The predicted octanol–water partition coefficient (Wildman–Crippen LogP) is 1.04. The van der Waals surface area contributed by atoms with E-state index in [1.807, 2.05) is 6.07 Å². The number of nitrogens with zero attached hydrogens (tertiary/aromatic N) is 3. The van der Waals surface area contributed by atoms with Gasteiger partial charge in [-0.15, -0.1) is 0 Å². The largest absolute Gasteiger partial charge is 0.357 e. The molecule has 1 atom stereocenters. The number of anilines is 1. The van der Waals surface area contributed by atoms with E-state index in [9.17, 15) is 0 Å². The lowest BCUT2D eigenvalue weighted by Gasteiger charge is -2.34. The quantitative estimate of drug-likeness (QED) is 0.785. The molecule has 1 unspecified atom stereocenters. The second-order valence-electron chi connectivity index (χ2n) is 4.25. The first-order chi connectivity index (χ1) is 7.27. The number of hydrogen-bond donors (Lipinski definition) is 1. The molecule has 4 heteroatoms. The van der Waals surface area contributed by atoms with Gasteiger partial charge in [-0.1, -0.05) is 0 Å². The molecular formula is C11H18N4. The van der Waals surface area contributed by atoms with Crippen LogP contribution in [0.15, 0.2) is 18.6 Å². The van der Waals surface area contributed by atoms with Crippen LogP contribution in [0.3, 0.4) is 0 Å². The van der Waals surface area contributed by atoms with Gasteiger partial charge in [-0.2, -0.15) is 0 Å². The van der Waals surface area contributed by atoms with Crippen molar-refractivity contribution in [2.45, 2.75) is 25.8 Å². The fraction of sp³-hybridized carbons (Fsp3) is 0.636. The first kappa shape index (κ1) is 10.4. The van der Waals surface area contributed by atoms with Crippen molar-refractivity contribution in [2.75, 3.05) is 18.0 Å². The van der Waals surface area contributed by atoms with Crippen LogP contribution in [0.25, 0.3) is 0 Å². The zero-order chi connectivity index (χ0) is 10.7. The van der Waals surface area contributed by atoms with Crippen LogP contribution in [-0.2, 0) is 0 Å². The SMILES string of the molecule is CC(N)C1CCN(c2ccncn2)CC1. The van der Waals surface area contributed by atoms with E-state index in [0.29, 0.717) is 12.0 Å². The Hall–Kier alpha value is -1.16. The monoisotopic (exact) mass is 206 g/mol. The van der Waals surface area contributed by atoms with Crippen molar-refractivity contribution in [1.29, 1.82) is 0 Å². The zero-order valence-corrected chi connectivity index (χ0v) is 9.13. The molecule has 0 radical (unpaired) electrons. The molecule has 0 bridgehead atoms. The van der Waals surface area contributed by atoms with E-state index in [-0.39, 0.29) is 0 Å². The number of aromatic nitrogens is 2. The predicted molar refractivity (Wildman–Crippen MR) is 60.6 cm³/mol. The maximum Gasteiger partial charge on any atom is 0.131 e. The molecule has 0 aliphatic carbocycles. The van der Waals surface area contributed by atoms with Crippen LogP contribution in [-0.4, -0.2) is 29.1 Å². The highest BCUT2D eigenvalue weighted by molar-refractivity contribution is 5.36. The average Bonchev–Trinajstić information content (AvgIpc) is 2.30. The Morgan fingerprint density at radius 1 is 1.47 bits per heavy atom. The highest BCUT2D eigenvalue weighted by Gasteiger charge is 2.22. The van der Waals surface area contributed by atoms with Gasteiger partial charge in [0.2, 0.25) is 0 Å². The average molecular weight is 206 g/mol. The van der Waals surface area contributed by atoms with E-state index in [1.54, 1.807) is 12.5 Å². The smallest absolute Gasteiger partial charge is 0.131 e. The summed E-state index contributed by atoms with van der Waals surface area (Å²) in [5, 5.41) is 0. The Bertz CT molecular complexity index is 291. The molecule has 0 spiro atoms. The summed E-state index contributed by atoms with van der Waals surface area (Å²) in [6.07, 6.45) is 5.73. The maximum atomic E-state index is 5.91. The van der Waals surface area contributed by atoms with Crippen LogP contribution in [0.5, 0.6) is 0 Å². The van der Waals surface area contributed by atoms with Gasteiger partial charge in [-0.25, -0.2) is 9.97 Å². The van der Waals surface area contributed by atoms with Crippen LogP contribution in [0.2, 0.25) is 0 Å². The number of hydrogen-bond acceptors (Lipinski definition) is 4. The van der Waals surface area contributed by atoms with Gasteiger partial charge in [-0.05, 0) is 31.7 Å². The molecule has 1 aliphatic heterocycles. The van der Waals surface area contributed by atoms with Gasteiger partial charge < -0.3 is 10.6 Å². The molecule has 1 aromatic heterocycles. The minimum atomic E-state index is 0.317. The lowest BCUT2D eigenvalue weighted by Crippen LogP contribution is -2.40. The van der Waals surface area contributed by atoms with E-state index < -0.39 is 0 Å². The fourth-order valence-corrected chi connectivity index (χ4v) is 2.13. The normalized spacial score (nSPS) is 20.3. The Morgan fingerprint density at radius 3 is 2.73 bits per heavy atom. The third-order valence-electron chi connectivity index (χ3n) is 3.17. The summed E-state index contributed by atoms with van der Waals surface area (Å²) in [7, 11) is 0. The summed E-state index contributed by atoms with van der Waals surface area (Å²) >= 11 is 0. The third-order valence-corrected chi connectivity index (χ3v) is 3.17. The first-order valence-corrected chi connectivity index (χ1v) is 5.54. The summed E-state index contributed by atoms with van der Waals surface area (Å²) in [6, 6.07) is 2.28. The van der Waals surface area contributed by atoms with Gasteiger partial charge in [0.1, 0.15) is 12.1 Å². The second kappa shape index (κ2) is 4.57. The summed E-state index contributed by atoms with van der Waals surface area (Å²) in [5.41, 5.74) is 5.91. The molecule has 82 valence electrons. The van der Waals surface area contributed by atoms with Crippen molar-refractivity contribution in [1.82, 2.24) is 9.97 Å². The molecular weight excluding hydrogens is 188 g/mol. The van der Waals surface area contributed by atoms with Gasteiger partial charge >= 0.3 is 0 Å². The molecule has 0 aromatic carbocycles. The highest BCUT2D eigenvalue weighted by Crippen LogP contribution is 2.22. The van der Waals surface area contributed by atoms with Gasteiger partial charge in [0.05, 0.1) is 0 Å². The van der Waals surface area contributed by atoms with E-state index in [4.69, 9.17) is 5.73 Å². The maximum absolute atomic E-state index is 5.91. The Labute approximate surface area is 90.5 Å². The molecule has 0 saturated carbocycles. The summed E-state index contributed by atoms with van der Waals surface area (Å²) in [5.74, 6) is 1.70. The third kappa shape index (κ3) is 2.45. The van der Waals surface area contributed by atoms with Crippen molar-refractivity contribution in [3.8, 4) is 0 Å². The van der Waals surface area contributed by atoms with Gasteiger partial charge in [0.25, 0.3) is 0 Å². The van der Waals surface area contributed by atoms with E-state index >= 15 is 0 Å². The van der Waals surface area contributed by atoms with Crippen LogP contribution in [0, 0.1) is 5.92 Å².